The molecule has 0 spiro atoms. The van der Waals surface area contributed by atoms with Gasteiger partial charge < -0.3 is 9.88 Å². The molecule has 18 heavy (non-hydrogen) atoms. The van der Waals surface area contributed by atoms with Gasteiger partial charge in [-0.05, 0) is 17.7 Å². The van der Waals surface area contributed by atoms with Crippen LogP contribution in [0.3, 0.4) is 0 Å². The molecule has 4 heteroatoms. The maximum atomic E-state index is 11.8. The highest BCUT2D eigenvalue weighted by Crippen LogP contribution is 2.21. The molecule has 3 rings (SSSR count). The van der Waals surface area contributed by atoms with Gasteiger partial charge in [-0.3, -0.25) is 4.79 Å². The number of carbonyl (C=O) groups is 1. The number of amides is 1. The molecule has 4 nitrogen and oxygen atoms in total. The molecule has 92 valence electrons. The molecule has 1 aromatic heterocycles. The van der Waals surface area contributed by atoms with Crippen molar-refractivity contribution in [1.82, 2.24) is 14.9 Å². The van der Waals surface area contributed by atoms with E-state index in [1.807, 2.05) is 23.1 Å². The highest BCUT2D eigenvalue weighted by Gasteiger charge is 2.27. The number of aromatic nitrogens is 2. The van der Waals surface area contributed by atoms with Crippen molar-refractivity contribution in [3.05, 3.63) is 42.7 Å². The van der Waals surface area contributed by atoms with Gasteiger partial charge >= 0.3 is 0 Å². The largest absolute Gasteiger partial charge is 0.345 e. The SMILES string of the molecule is C=CC1CC(=O)N(Cc2ccc3nc[nH]c3c2)C1. The first-order valence-electron chi connectivity index (χ1n) is 6.08. The van der Waals surface area contributed by atoms with Gasteiger partial charge in [0.05, 0.1) is 17.4 Å². The van der Waals surface area contributed by atoms with Crippen molar-refractivity contribution in [2.75, 3.05) is 6.54 Å². The quantitative estimate of drug-likeness (QED) is 0.836. The second-order valence-corrected chi connectivity index (χ2v) is 4.73. The number of H-pyrrole nitrogens is 1. The van der Waals surface area contributed by atoms with Crippen molar-refractivity contribution in [1.29, 1.82) is 0 Å². The van der Waals surface area contributed by atoms with Gasteiger partial charge in [0.15, 0.2) is 0 Å². The Hall–Kier alpha value is -2.10. The second kappa shape index (κ2) is 4.29. The number of hydrogen-bond acceptors (Lipinski definition) is 2. The Morgan fingerprint density at radius 1 is 1.56 bits per heavy atom. The molecular formula is C14H15N3O. The minimum absolute atomic E-state index is 0.213. The van der Waals surface area contributed by atoms with E-state index in [4.69, 9.17) is 0 Å². The van der Waals surface area contributed by atoms with Crippen molar-refractivity contribution in [2.24, 2.45) is 5.92 Å². The van der Waals surface area contributed by atoms with Crippen molar-refractivity contribution >= 4 is 16.9 Å². The zero-order valence-corrected chi connectivity index (χ0v) is 10.1. The number of benzene rings is 1. The van der Waals surface area contributed by atoms with Crippen LogP contribution >= 0.6 is 0 Å². The van der Waals surface area contributed by atoms with E-state index < -0.39 is 0 Å². The van der Waals surface area contributed by atoms with Crippen molar-refractivity contribution in [2.45, 2.75) is 13.0 Å². The zero-order chi connectivity index (χ0) is 12.5. The summed E-state index contributed by atoms with van der Waals surface area (Å²) in [7, 11) is 0. The van der Waals surface area contributed by atoms with Crippen LogP contribution in [0.15, 0.2) is 37.2 Å². The molecule has 1 aliphatic heterocycles. The minimum atomic E-state index is 0.213. The fourth-order valence-electron chi connectivity index (χ4n) is 2.41. The molecule has 0 bridgehead atoms. The smallest absolute Gasteiger partial charge is 0.223 e. The lowest BCUT2D eigenvalue weighted by atomic mass is 10.1. The fraction of sp³-hybridized carbons (Fsp3) is 0.286. The average molecular weight is 241 g/mol. The highest BCUT2D eigenvalue weighted by atomic mass is 16.2. The summed E-state index contributed by atoms with van der Waals surface area (Å²) in [6, 6.07) is 6.06. The molecule has 1 amide bonds. The summed E-state index contributed by atoms with van der Waals surface area (Å²) in [6.45, 7) is 5.21. The predicted molar refractivity (Wildman–Crippen MR) is 69.8 cm³/mol. The Bertz CT molecular complexity index is 602. The summed E-state index contributed by atoms with van der Waals surface area (Å²) in [5.74, 6) is 0.512. The molecule has 2 aromatic rings. The van der Waals surface area contributed by atoms with E-state index in [1.54, 1.807) is 6.33 Å². The number of nitrogens with zero attached hydrogens (tertiary/aromatic N) is 2. The fourth-order valence-corrected chi connectivity index (χ4v) is 2.41. The summed E-state index contributed by atoms with van der Waals surface area (Å²) in [5.41, 5.74) is 3.10. The van der Waals surface area contributed by atoms with Crippen LogP contribution < -0.4 is 0 Å². The van der Waals surface area contributed by atoms with Gasteiger partial charge in [-0.1, -0.05) is 12.1 Å². The maximum Gasteiger partial charge on any atom is 0.223 e. The van der Waals surface area contributed by atoms with Crippen molar-refractivity contribution in [3.63, 3.8) is 0 Å². The van der Waals surface area contributed by atoms with Gasteiger partial charge in [0.1, 0.15) is 0 Å². The Balaban J connectivity index is 1.79. The Kier molecular flexibility index (Phi) is 2.63. The normalized spacial score (nSPS) is 19.7. The van der Waals surface area contributed by atoms with Gasteiger partial charge in [0.2, 0.25) is 5.91 Å². The number of likely N-dealkylation sites (tertiary alicyclic amines) is 1. The van der Waals surface area contributed by atoms with E-state index in [0.717, 1.165) is 23.1 Å². The van der Waals surface area contributed by atoms with Crippen LogP contribution in [0.1, 0.15) is 12.0 Å². The van der Waals surface area contributed by atoms with E-state index in [2.05, 4.69) is 22.6 Å². The molecule has 2 heterocycles. The molecule has 0 aliphatic carbocycles. The highest BCUT2D eigenvalue weighted by molar-refractivity contribution is 5.79. The third kappa shape index (κ3) is 1.90. The standard InChI is InChI=1S/C14H15N3O/c1-2-10-6-14(18)17(7-10)8-11-3-4-12-13(5-11)16-9-15-12/h2-5,9-10H,1,6-8H2,(H,15,16). The number of nitrogens with one attached hydrogen (secondary N) is 1. The minimum Gasteiger partial charge on any atom is -0.345 e. The van der Waals surface area contributed by atoms with Crippen LogP contribution in [0.2, 0.25) is 0 Å². The van der Waals surface area contributed by atoms with E-state index in [1.165, 1.54) is 0 Å². The summed E-state index contributed by atoms with van der Waals surface area (Å²) >= 11 is 0. The van der Waals surface area contributed by atoms with Gasteiger partial charge in [-0.25, -0.2) is 4.98 Å². The molecule has 1 saturated heterocycles. The van der Waals surface area contributed by atoms with Gasteiger partial charge in [-0.15, -0.1) is 6.58 Å². The average Bonchev–Trinajstić information content (AvgIpc) is 2.96. The van der Waals surface area contributed by atoms with Crippen LogP contribution in [0.25, 0.3) is 11.0 Å². The van der Waals surface area contributed by atoms with Crippen LogP contribution in [0.4, 0.5) is 0 Å². The van der Waals surface area contributed by atoms with Gasteiger partial charge in [-0.2, -0.15) is 0 Å². The number of rotatable bonds is 3. The molecule has 1 aromatic carbocycles. The molecule has 0 radical (unpaired) electrons. The third-order valence-corrected chi connectivity index (χ3v) is 3.44. The lowest BCUT2D eigenvalue weighted by Crippen LogP contribution is -2.24. The second-order valence-electron chi connectivity index (χ2n) is 4.73. The lowest BCUT2D eigenvalue weighted by Gasteiger charge is -2.16. The first kappa shape index (κ1) is 11.0. The van der Waals surface area contributed by atoms with Crippen molar-refractivity contribution < 1.29 is 4.79 Å². The Morgan fingerprint density at radius 3 is 3.22 bits per heavy atom. The monoisotopic (exact) mass is 241 g/mol. The molecule has 1 aliphatic rings. The summed E-state index contributed by atoms with van der Waals surface area (Å²) in [5, 5.41) is 0. The summed E-state index contributed by atoms with van der Waals surface area (Å²) < 4.78 is 0. The molecule has 1 fully saturated rings. The van der Waals surface area contributed by atoms with Crippen LogP contribution in [0.5, 0.6) is 0 Å². The lowest BCUT2D eigenvalue weighted by molar-refractivity contribution is -0.128. The number of carbonyl (C=O) groups excluding carboxylic acids is 1. The van der Waals surface area contributed by atoms with Gasteiger partial charge in [0.25, 0.3) is 0 Å². The van der Waals surface area contributed by atoms with Crippen LogP contribution in [-0.2, 0) is 11.3 Å². The third-order valence-electron chi connectivity index (χ3n) is 3.44. The first-order chi connectivity index (χ1) is 8.76. The number of aromatic amines is 1. The van der Waals surface area contributed by atoms with Crippen molar-refractivity contribution in [3.8, 4) is 0 Å². The molecule has 1 N–H and O–H groups in total. The summed E-state index contributed by atoms with van der Waals surface area (Å²) in [4.78, 5) is 21.0. The van der Waals surface area contributed by atoms with Crippen LogP contribution in [-0.4, -0.2) is 27.3 Å². The maximum absolute atomic E-state index is 11.8. The number of fused-ring (bicyclic) bond motifs is 1. The number of imidazole rings is 1. The molecule has 0 saturated carbocycles. The number of hydrogen-bond donors (Lipinski definition) is 1. The molecular weight excluding hydrogens is 226 g/mol. The molecule has 1 atom stereocenters. The van der Waals surface area contributed by atoms with Crippen LogP contribution in [0, 0.1) is 5.92 Å². The predicted octanol–water partition coefficient (Wildman–Crippen LogP) is 2.10. The van der Waals surface area contributed by atoms with E-state index >= 15 is 0 Å². The Morgan fingerprint density at radius 2 is 2.44 bits per heavy atom. The topological polar surface area (TPSA) is 49.0 Å². The van der Waals surface area contributed by atoms with E-state index in [9.17, 15) is 4.79 Å². The zero-order valence-electron chi connectivity index (χ0n) is 10.1. The first-order valence-corrected chi connectivity index (χ1v) is 6.08. The van der Waals surface area contributed by atoms with E-state index in [-0.39, 0.29) is 5.91 Å². The Labute approximate surface area is 105 Å². The molecule has 1 unspecified atom stereocenters. The summed E-state index contributed by atoms with van der Waals surface area (Å²) in [6.07, 6.45) is 4.15. The van der Waals surface area contributed by atoms with E-state index in [0.29, 0.717) is 18.9 Å². The van der Waals surface area contributed by atoms with Gasteiger partial charge in [0, 0.05) is 25.4 Å².